The number of hydrogen-bond acceptors (Lipinski definition) is 7. The quantitative estimate of drug-likeness (QED) is 0.0499. The molecular weight excluding hydrogens is 697 g/mol. The van der Waals surface area contributed by atoms with Gasteiger partial charge in [0, 0.05) is 22.8 Å². The number of aryl methyl sites for hydroxylation is 2. The van der Waals surface area contributed by atoms with Crippen molar-refractivity contribution in [3.8, 4) is 57.1 Å². The number of nitriles is 1. The van der Waals surface area contributed by atoms with Gasteiger partial charge in [-0.1, -0.05) is 103 Å². The Morgan fingerprint density at radius 1 is 0.643 bits per heavy atom. The number of hydrogen-bond donors (Lipinski definition) is 5. The van der Waals surface area contributed by atoms with Crippen LogP contribution in [-0.4, -0.2) is 31.2 Å². The van der Waals surface area contributed by atoms with Gasteiger partial charge in [-0.25, -0.2) is 0 Å². The van der Waals surface area contributed by atoms with Crippen molar-refractivity contribution in [1.29, 1.82) is 5.26 Å². The summed E-state index contributed by atoms with van der Waals surface area (Å²) in [4.78, 5) is 5.05. The maximum Gasteiger partial charge on any atom is 0.208 e. The van der Waals surface area contributed by atoms with Crippen LogP contribution in [0.15, 0.2) is 132 Å². The van der Waals surface area contributed by atoms with Crippen molar-refractivity contribution in [2.75, 3.05) is 0 Å². The third-order valence-electron chi connectivity index (χ3n) is 10.8. The molecule has 1 aliphatic rings. The zero-order valence-electron chi connectivity index (χ0n) is 31.0. The van der Waals surface area contributed by atoms with Crippen LogP contribution >= 0.6 is 0 Å². The molecule has 1 unspecified atom stereocenters. The summed E-state index contributed by atoms with van der Waals surface area (Å²) in [6, 6.07) is 37.9. The van der Waals surface area contributed by atoms with Gasteiger partial charge in [-0.15, -0.1) is 0 Å². The Labute approximate surface area is 324 Å². The average Bonchev–Trinajstić information content (AvgIpc) is 3.22. The number of allylic oxidation sites excluding steroid dienone is 4. The molecule has 1 aliphatic carbocycles. The molecule has 5 N–H and O–H groups in total. The van der Waals surface area contributed by atoms with E-state index in [4.69, 9.17) is 4.99 Å². The smallest absolute Gasteiger partial charge is 0.208 e. The lowest BCUT2D eigenvalue weighted by molar-refractivity contribution is 0.330. The second kappa shape index (κ2) is 14.2. The van der Waals surface area contributed by atoms with Crippen LogP contribution in [0.25, 0.3) is 49.4 Å². The third kappa shape index (κ3) is 5.98. The van der Waals surface area contributed by atoms with E-state index in [-0.39, 0.29) is 11.5 Å². The molecule has 0 heterocycles. The first-order chi connectivity index (χ1) is 27.1. The molecule has 56 heavy (non-hydrogen) atoms. The van der Waals surface area contributed by atoms with E-state index in [2.05, 4.69) is 55.5 Å². The van der Waals surface area contributed by atoms with Gasteiger partial charge in [0.1, 0.15) is 0 Å². The molecule has 0 aliphatic heterocycles. The summed E-state index contributed by atoms with van der Waals surface area (Å²) >= 11 is 0. The standard InChI is InChI=1S/C49H38N2O5/c1-27-11-4-9-18-41(27)51-29(3)35-22-20-32(25-40(35)34-21-19-30(26-50)23-28(34)2)31-12-10-13-33(24-31)42-36-14-5-7-16-38(36)43(39-17-8-6-15-37(39)42)44-45(52)47(54)49(56)48(55)46(44)53/h4-12,14-25,33,52-56H,13H2,1-3H3. The maximum atomic E-state index is 11.1. The normalized spacial score (nSPS) is 14.2. The lowest BCUT2D eigenvalue weighted by atomic mass is 9.79. The average molecular weight is 735 g/mol. The fourth-order valence-electron chi connectivity index (χ4n) is 8.06. The van der Waals surface area contributed by atoms with Crippen LogP contribution < -0.4 is 0 Å². The number of rotatable bonds is 6. The minimum absolute atomic E-state index is 0.0770. The summed E-state index contributed by atoms with van der Waals surface area (Å²) in [5.74, 6) is -4.39. The first-order valence-corrected chi connectivity index (χ1v) is 18.3. The van der Waals surface area contributed by atoms with Gasteiger partial charge < -0.3 is 25.5 Å². The van der Waals surface area contributed by atoms with Crippen LogP contribution in [-0.2, 0) is 0 Å². The zero-order valence-corrected chi connectivity index (χ0v) is 31.0. The van der Waals surface area contributed by atoms with E-state index in [9.17, 15) is 30.8 Å². The molecule has 0 saturated carbocycles. The van der Waals surface area contributed by atoms with Gasteiger partial charge >= 0.3 is 0 Å². The summed E-state index contributed by atoms with van der Waals surface area (Å²) in [6.07, 6.45) is 7.32. The molecular formula is C49H38N2O5. The molecule has 0 spiro atoms. The van der Waals surface area contributed by atoms with Gasteiger partial charge in [0.15, 0.2) is 11.5 Å². The number of fused-ring (bicyclic) bond motifs is 2. The van der Waals surface area contributed by atoms with Gasteiger partial charge in [-0.05, 0) is 112 Å². The lowest BCUT2D eigenvalue weighted by Gasteiger charge is -2.25. The number of aromatic hydroxyl groups is 5. The van der Waals surface area contributed by atoms with Crippen LogP contribution in [0, 0.1) is 25.2 Å². The summed E-state index contributed by atoms with van der Waals surface area (Å²) in [7, 11) is 0. The van der Waals surface area contributed by atoms with Gasteiger partial charge in [-0.3, -0.25) is 4.99 Å². The first kappa shape index (κ1) is 35.7. The number of para-hydroxylation sites is 1. The van der Waals surface area contributed by atoms with E-state index in [1.165, 1.54) is 0 Å². The highest BCUT2D eigenvalue weighted by Crippen LogP contribution is 2.57. The fourth-order valence-corrected chi connectivity index (χ4v) is 8.06. The SMILES string of the molecule is CC(=Nc1ccccc1C)c1ccc(C2=CC(c3c4ccccc4c(-c4c(O)c(O)c(O)c(O)c4O)c4ccccc34)CC=C2)cc1-c1ccc(C#N)cc1C. The summed E-state index contributed by atoms with van der Waals surface area (Å²) in [5.41, 5.74) is 10.8. The van der Waals surface area contributed by atoms with E-state index < -0.39 is 28.7 Å². The molecule has 7 aromatic rings. The monoisotopic (exact) mass is 734 g/mol. The Morgan fingerprint density at radius 3 is 1.88 bits per heavy atom. The molecule has 7 aromatic carbocycles. The van der Waals surface area contributed by atoms with Crippen molar-refractivity contribution >= 4 is 38.5 Å². The molecule has 7 heteroatoms. The van der Waals surface area contributed by atoms with Gasteiger partial charge in [-0.2, -0.15) is 5.26 Å². The van der Waals surface area contributed by atoms with Gasteiger partial charge in [0.25, 0.3) is 0 Å². The van der Waals surface area contributed by atoms with E-state index >= 15 is 0 Å². The Morgan fingerprint density at radius 2 is 1.25 bits per heavy atom. The second-order valence-corrected chi connectivity index (χ2v) is 14.3. The molecule has 1 atom stereocenters. The molecule has 7 nitrogen and oxygen atoms in total. The zero-order chi connectivity index (χ0) is 39.2. The van der Waals surface area contributed by atoms with Crippen molar-refractivity contribution in [2.24, 2.45) is 4.99 Å². The molecule has 0 bridgehead atoms. The summed E-state index contributed by atoms with van der Waals surface area (Å²) in [5, 5.41) is 66.2. The Hall–Kier alpha value is -7.30. The number of aliphatic imine (C=N–C) groups is 1. The molecule has 0 amide bonds. The molecule has 8 rings (SSSR count). The van der Waals surface area contributed by atoms with Crippen LogP contribution in [0.1, 0.15) is 52.6 Å². The molecule has 0 aromatic heterocycles. The number of benzene rings is 7. The Balaban J connectivity index is 1.31. The molecule has 274 valence electrons. The van der Waals surface area contributed by atoms with Crippen molar-refractivity contribution < 1.29 is 25.5 Å². The van der Waals surface area contributed by atoms with Crippen molar-refractivity contribution in [2.45, 2.75) is 33.1 Å². The van der Waals surface area contributed by atoms with Crippen LogP contribution in [0.4, 0.5) is 5.69 Å². The largest absolute Gasteiger partial charge is 0.504 e. The highest BCUT2D eigenvalue weighted by molar-refractivity contribution is 6.17. The Kier molecular flexibility index (Phi) is 9.03. The summed E-state index contributed by atoms with van der Waals surface area (Å²) in [6.45, 7) is 6.10. The Bertz CT molecular complexity index is 2810. The van der Waals surface area contributed by atoms with Crippen molar-refractivity contribution in [3.63, 3.8) is 0 Å². The topological polar surface area (TPSA) is 137 Å². The summed E-state index contributed by atoms with van der Waals surface area (Å²) < 4.78 is 0. The highest BCUT2D eigenvalue weighted by Gasteiger charge is 2.29. The van der Waals surface area contributed by atoms with Crippen LogP contribution in [0.3, 0.4) is 0 Å². The highest BCUT2D eigenvalue weighted by atomic mass is 16.4. The minimum atomic E-state index is -1.00. The maximum absolute atomic E-state index is 11.1. The predicted molar refractivity (Wildman–Crippen MR) is 224 cm³/mol. The third-order valence-corrected chi connectivity index (χ3v) is 10.8. The van der Waals surface area contributed by atoms with E-state index in [0.717, 1.165) is 73.1 Å². The second-order valence-electron chi connectivity index (χ2n) is 14.3. The van der Waals surface area contributed by atoms with Crippen LogP contribution in [0.2, 0.25) is 0 Å². The lowest BCUT2D eigenvalue weighted by Crippen LogP contribution is -2.04. The van der Waals surface area contributed by atoms with Crippen LogP contribution in [0.5, 0.6) is 28.7 Å². The number of nitrogens with zero attached hydrogens (tertiary/aromatic N) is 2. The first-order valence-electron chi connectivity index (χ1n) is 18.3. The van der Waals surface area contributed by atoms with Gasteiger partial charge in [0.05, 0.1) is 22.9 Å². The molecule has 0 radical (unpaired) electrons. The van der Waals surface area contributed by atoms with E-state index in [0.29, 0.717) is 21.9 Å². The van der Waals surface area contributed by atoms with Gasteiger partial charge in [0.2, 0.25) is 17.2 Å². The van der Waals surface area contributed by atoms with Crippen molar-refractivity contribution in [3.05, 3.63) is 161 Å². The molecule has 0 saturated heterocycles. The van der Waals surface area contributed by atoms with E-state index in [1.807, 2.05) is 98.8 Å². The number of phenolic OH excluding ortho intramolecular Hbond substituents is 5. The number of phenols is 5. The minimum Gasteiger partial charge on any atom is -0.504 e. The fraction of sp³-hybridized carbons (Fsp3) is 0.102. The van der Waals surface area contributed by atoms with Crippen molar-refractivity contribution in [1.82, 2.24) is 0 Å². The predicted octanol–water partition coefficient (Wildman–Crippen LogP) is 11.6. The van der Waals surface area contributed by atoms with E-state index in [1.54, 1.807) is 0 Å². The molecule has 0 fully saturated rings.